The van der Waals surface area contributed by atoms with Crippen LogP contribution in [0, 0.1) is 3.57 Å². The number of unbranched alkanes of at least 4 members (excludes halogenated alkanes) is 5. The molecule has 0 unspecified atom stereocenters. The summed E-state index contributed by atoms with van der Waals surface area (Å²) in [5, 5.41) is 1.07. The second-order valence-electron chi connectivity index (χ2n) is 4.48. The third kappa shape index (κ3) is 8.15. The van der Waals surface area contributed by atoms with Gasteiger partial charge in [-0.25, -0.2) is 0 Å². The quantitative estimate of drug-likeness (QED) is 0.458. The van der Waals surface area contributed by atoms with Gasteiger partial charge in [0.05, 0.1) is 5.03 Å². The molecule has 0 bridgehead atoms. The molecule has 2 heteroatoms. The maximum Gasteiger partial charge on any atom is 0.350 e. The molecule has 1 aromatic rings. The van der Waals surface area contributed by atoms with Crippen molar-refractivity contribution >= 4 is 11.6 Å². The van der Waals surface area contributed by atoms with E-state index < -0.39 is 0 Å². The van der Waals surface area contributed by atoms with E-state index >= 15 is 0 Å². The van der Waals surface area contributed by atoms with E-state index in [-0.39, 0.29) is 21.2 Å². The summed E-state index contributed by atoms with van der Waals surface area (Å²) in [6.45, 7) is 2.26. The number of halogens is 2. The van der Waals surface area contributed by atoms with Crippen molar-refractivity contribution in [3.63, 3.8) is 0 Å². The van der Waals surface area contributed by atoms with E-state index in [9.17, 15) is 0 Å². The molecule has 0 radical (unpaired) electrons. The summed E-state index contributed by atoms with van der Waals surface area (Å²) in [7, 11) is 0. The summed E-state index contributed by atoms with van der Waals surface area (Å²) in [4.78, 5) is 0. The van der Waals surface area contributed by atoms with Crippen molar-refractivity contribution in [1.29, 1.82) is 0 Å². The van der Waals surface area contributed by atoms with Gasteiger partial charge in [0.25, 0.3) is 0 Å². The van der Waals surface area contributed by atoms with Crippen LogP contribution in [0.15, 0.2) is 39.4 Å². The van der Waals surface area contributed by atoms with Crippen LogP contribution in [0.1, 0.15) is 51.9 Å². The van der Waals surface area contributed by atoms with Gasteiger partial charge < -0.3 is 0 Å². The van der Waals surface area contributed by atoms with Crippen LogP contribution in [0.25, 0.3) is 0 Å². The van der Waals surface area contributed by atoms with Crippen molar-refractivity contribution in [1.82, 2.24) is 0 Å². The van der Waals surface area contributed by atoms with Gasteiger partial charge in [0.1, 0.15) is 0 Å². The Balaban J connectivity index is 2.11. The fourth-order valence-corrected chi connectivity index (χ4v) is 3.99. The van der Waals surface area contributed by atoms with Crippen molar-refractivity contribution in [3.8, 4) is 0 Å². The molecule has 18 heavy (non-hydrogen) atoms. The Morgan fingerprint density at radius 1 is 1.06 bits per heavy atom. The lowest BCUT2D eigenvalue weighted by Crippen LogP contribution is -3.59. The molecule has 100 valence electrons. The molecule has 0 aromatic heterocycles. The van der Waals surface area contributed by atoms with Crippen molar-refractivity contribution < 1.29 is 21.2 Å². The molecule has 0 saturated heterocycles. The summed E-state index contributed by atoms with van der Waals surface area (Å²) in [5.74, 6) is 0. The second kappa shape index (κ2) is 10.9. The zero-order valence-electron chi connectivity index (χ0n) is 11.2. The minimum Gasteiger partial charge on any atom is -0.0849 e. The molecule has 0 N–H and O–H groups in total. The van der Waals surface area contributed by atoms with E-state index in [0.29, 0.717) is 0 Å². The van der Waals surface area contributed by atoms with Crippen molar-refractivity contribution in [3.05, 3.63) is 43.0 Å². The Morgan fingerprint density at radius 2 is 1.72 bits per heavy atom. The molecule has 0 amide bonds. The summed E-state index contributed by atoms with van der Waals surface area (Å²) < 4.78 is 3.71. The van der Waals surface area contributed by atoms with Crippen LogP contribution in [-0.2, 0) is 0 Å². The van der Waals surface area contributed by atoms with Gasteiger partial charge in [-0.15, -0.1) is 0 Å². The summed E-state index contributed by atoms with van der Waals surface area (Å²) >= 11 is 6.22. The van der Waals surface area contributed by atoms with Crippen LogP contribution in [0.4, 0.5) is 0 Å². The molecule has 0 aliphatic heterocycles. The monoisotopic (exact) mass is 377 g/mol. The molecule has 0 aliphatic rings. The number of hydrogen-bond acceptors (Lipinski definition) is 0. The predicted octanol–water partition coefficient (Wildman–Crippen LogP) is 2.78. The predicted molar refractivity (Wildman–Crippen MR) is 77.1 cm³/mol. The molecule has 0 aliphatic carbocycles. The van der Waals surface area contributed by atoms with Crippen LogP contribution in [0.5, 0.6) is 0 Å². The first-order chi connectivity index (χ1) is 8.83. The fraction of sp³-hybridized carbons (Fsp3) is 0.500. The number of benzene rings is 1. The van der Waals surface area contributed by atoms with E-state index in [1.807, 2.05) is 0 Å². The summed E-state index contributed by atoms with van der Waals surface area (Å²) in [6, 6.07) is 10.7. The van der Waals surface area contributed by atoms with Crippen molar-refractivity contribution in [2.45, 2.75) is 51.9 Å². The topological polar surface area (TPSA) is 0 Å². The van der Waals surface area contributed by atoms with Gasteiger partial charge in [-0.3, -0.25) is 0 Å². The minimum atomic E-state index is -0.0395. The van der Waals surface area contributed by atoms with Crippen LogP contribution in [0.2, 0.25) is 0 Å². The maximum atomic E-state index is 6.26. The van der Waals surface area contributed by atoms with E-state index in [4.69, 9.17) is 11.6 Å². The molecule has 0 saturated carbocycles. The van der Waals surface area contributed by atoms with E-state index in [2.05, 4.69) is 41.3 Å². The summed E-state index contributed by atoms with van der Waals surface area (Å²) in [6.07, 6.45) is 9.09. The first kappa shape index (κ1) is 16.0. The van der Waals surface area contributed by atoms with Gasteiger partial charge in [-0.2, -0.15) is 0 Å². The van der Waals surface area contributed by atoms with Gasteiger partial charge >= 0.3 is 21.2 Å². The lowest BCUT2D eigenvalue weighted by molar-refractivity contribution is -0.557. The van der Waals surface area contributed by atoms with Gasteiger partial charge in [0.15, 0.2) is 7.65 Å². The van der Waals surface area contributed by atoms with E-state index in [1.165, 1.54) is 42.1 Å². The first-order valence-corrected chi connectivity index (χ1v) is 9.56. The highest BCUT2D eigenvalue weighted by molar-refractivity contribution is 6.29. The highest BCUT2D eigenvalue weighted by Gasteiger charge is 2.08. The smallest absolute Gasteiger partial charge is 0.0849 e. The third-order valence-electron chi connectivity index (χ3n) is 2.80. The molecule has 0 nitrogen and oxygen atoms in total. The first-order valence-electron chi connectivity index (χ1n) is 6.86. The number of rotatable bonds is 9. The zero-order valence-corrected chi connectivity index (χ0v) is 14.1. The van der Waals surface area contributed by atoms with Crippen LogP contribution < -0.4 is 21.2 Å². The van der Waals surface area contributed by atoms with Crippen LogP contribution in [0.3, 0.4) is 0 Å². The van der Waals surface area contributed by atoms with Gasteiger partial charge in [-0.1, -0.05) is 68.8 Å². The molecule has 1 rings (SSSR count). The lowest BCUT2D eigenvalue weighted by atomic mass is 10.1. The molecular formula is C16H23ClI+. The largest absolute Gasteiger partial charge is 0.350 e. The molecule has 1 aromatic carbocycles. The Bertz CT molecular complexity index is 332. The SMILES string of the molecule is CCCCCCCC/C(Cl)=C/[I+]c1ccccc1. The van der Waals surface area contributed by atoms with Crippen LogP contribution >= 0.6 is 11.6 Å². The average molecular weight is 378 g/mol. The molecule has 0 atom stereocenters. The summed E-state index contributed by atoms with van der Waals surface area (Å²) in [5.41, 5.74) is 0. The Kier molecular flexibility index (Phi) is 9.68. The van der Waals surface area contributed by atoms with Crippen LogP contribution in [-0.4, -0.2) is 0 Å². The van der Waals surface area contributed by atoms with E-state index in [0.717, 1.165) is 11.5 Å². The second-order valence-corrected chi connectivity index (χ2v) is 7.46. The molecule has 0 heterocycles. The highest BCUT2D eigenvalue weighted by Crippen LogP contribution is 2.12. The highest BCUT2D eigenvalue weighted by atomic mass is 127. The normalized spacial score (nSPS) is 11.8. The number of hydrogen-bond donors (Lipinski definition) is 0. The molecular weight excluding hydrogens is 355 g/mol. The standard InChI is InChI=1S/C16H23ClI/c1-2-3-4-5-6-8-11-15(17)14-18-16-12-9-7-10-13-16/h7,9-10,12-14H,2-6,8,11H2,1H3/q+1/b15-14-. The minimum absolute atomic E-state index is 0.0395. The van der Waals surface area contributed by atoms with Gasteiger partial charge in [0, 0.05) is 0 Å². The average Bonchev–Trinajstić information content (AvgIpc) is 2.41. The zero-order chi connectivity index (χ0) is 13.1. The van der Waals surface area contributed by atoms with Crippen molar-refractivity contribution in [2.75, 3.05) is 0 Å². The van der Waals surface area contributed by atoms with Gasteiger partial charge in [0.2, 0.25) is 0 Å². The Morgan fingerprint density at radius 3 is 2.44 bits per heavy atom. The third-order valence-corrected chi connectivity index (χ3v) is 5.97. The lowest BCUT2D eigenvalue weighted by Gasteiger charge is -1.98. The maximum absolute atomic E-state index is 6.26. The van der Waals surface area contributed by atoms with E-state index in [1.54, 1.807) is 0 Å². The van der Waals surface area contributed by atoms with Gasteiger partial charge in [-0.05, 0) is 25.0 Å². The Hall–Kier alpha value is -0.0200. The fourth-order valence-electron chi connectivity index (χ4n) is 1.74. The molecule has 0 spiro atoms. The molecule has 0 fully saturated rings. The van der Waals surface area contributed by atoms with Crippen molar-refractivity contribution in [2.24, 2.45) is 0 Å². The Labute approximate surface area is 127 Å². The number of allylic oxidation sites excluding steroid dienone is 1.